The van der Waals surface area contributed by atoms with E-state index in [1.54, 1.807) is 0 Å². The quantitative estimate of drug-likeness (QED) is 0.899. The zero-order valence-electron chi connectivity index (χ0n) is 11.4. The summed E-state index contributed by atoms with van der Waals surface area (Å²) in [5.41, 5.74) is 3.70. The summed E-state index contributed by atoms with van der Waals surface area (Å²) < 4.78 is 1.06. The van der Waals surface area contributed by atoms with Crippen LogP contribution < -0.4 is 5.32 Å². The number of hydrogen-bond acceptors (Lipinski definition) is 2. The molecule has 2 nitrogen and oxygen atoms in total. The summed E-state index contributed by atoms with van der Waals surface area (Å²) in [6.45, 7) is 5.17. The van der Waals surface area contributed by atoms with Crippen molar-refractivity contribution >= 4 is 15.9 Å². The molecule has 0 aliphatic heterocycles. The van der Waals surface area contributed by atoms with Gasteiger partial charge in [0.15, 0.2) is 0 Å². The van der Waals surface area contributed by atoms with Gasteiger partial charge in [0.25, 0.3) is 0 Å². The molecule has 1 aromatic heterocycles. The van der Waals surface area contributed by atoms with Gasteiger partial charge in [0.2, 0.25) is 0 Å². The lowest BCUT2D eigenvalue weighted by Crippen LogP contribution is -2.24. The fourth-order valence-electron chi connectivity index (χ4n) is 2.13. The van der Waals surface area contributed by atoms with Crippen molar-refractivity contribution in [1.29, 1.82) is 0 Å². The molecule has 0 fully saturated rings. The van der Waals surface area contributed by atoms with Crippen molar-refractivity contribution in [2.45, 2.75) is 26.3 Å². The summed E-state index contributed by atoms with van der Waals surface area (Å²) in [4.78, 5) is 4.50. The Hall–Kier alpha value is -1.19. The van der Waals surface area contributed by atoms with Crippen molar-refractivity contribution in [3.63, 3.8) is 0 Å². The van der Waals surface area contributed by atoms with Crippen LogP contribution in [0.15, 0.2) is 47.1 Å². The Kier molecular flexibility index (Phi) is 5.11. The molecule has 1 unspecified atom stereocenters. The zero-order chi connectivity index (χ0) is 13.7. The van der Waals surface area contributed by atoms with Crippen molar-refractivity contribution in [3.8, 4) is 0 Å². The van der Waals surface area contributed by atoms with E-state index in [2.05, 4.69) is 64.3 Å². The fraction of sp³-hybridized carbons (Fsp3) is 0.312. The van der Waals surface area contributed by atoms with Gasteiger partial charge in [-0.15, -0.1) is 0 Å². The van der Waals surface area contributed by atoms with Crippen LogP contribution in [0.3, 0.4) is 0 Å². The largest absolute Gasteiger partial charge is 0.309 e. The number of hydrogen-bond donors (Lipinski definition) is 1. The average molecular weight is 319 g/mol. The van der Waals surface area contributed by atoms with Gasteiger partial charge in [-0.3, -0.25) is 4.98 Å². The molecule has 0 amide bonds. The number of aryl methyl sites for hydroxylation is 1. The van der Waals surface area contributed by atoms with Crippen molar-refractivity contribution in [2.75, 3.05) is 6.54 Å². The topological polar surface area (TPSA) is 24.9 Å². The second-order valence-electron chi connectivity index (χ2n) is 4.67. The highest BCUT2D eigenvalue weighted by Gasteiger charge is 2.15. The van der Waals surface area contributed by atoms with Crippen LogP contribution >= 0.6 is 15.9 Å². The fourth-order valence-corrected chi connectivity index (χ4v) is 2.66. The monoisotopic (exact) mass is 318 g/mol. The lowest BCUT2D eigenvalue weighted by atomic mass is 10.0. The van der Waals surface area contributed by atoms with E-state index in [4.69, 9.17) is 0 Å². The van der Waals surface area contributed by atoms with Crippen LogP contribution in [0, 0.1) is 6.92 Å². The SMILES string of the molecule is CCNC(Cc1ccc(C)cc1)c1ncccc1Br. The second kappa shape index (κ2) is 6.83. The zero-order valence-corrected chi connectivity index (χ0v) is 12.9. The first-order valence-corrected chi connectivity index (χ1v) is 7.39. The molecule has 0 aliphatic carbocycles. The van der Waals surface area contributed by atoms with E-state index >= 15 is 0 Å². The van der Waals surface area contributed by atoms with E-state index in [-0.39, 0.29) is 6.04 Å². The van der Waals surface area contributed by atoms with Crippen LogP contribution in [0.5, 0.6) is 0 Å². The number of benzene rings is 1. The minimum atomic E-state index is 0.239. The van der Waals surface area contributed by atoms with Gasteiger partial charge in [-0.05, 0) is 53.5 Å². The average Bonchev–Trinajstić information content (AvgIpc) is 2.41. The third-order valence-electron chi connectivity index (χ3n) is 3.13. The number of pyridine rings is 1. The molecule has 0 aliphatic rings. The molecule has 19 heavy (non-hydrogen) atoms. The highest BCUT2D eigenvalue weighted by molar-refractivity contribution is 9.10. The highest BCUT2D eigenvalue weighted by atomic mass is 79.9. The van der Waals surface area contributed by atoms with E-state index in [0.717, 1.165) is 23.1 Å². The van der Waals surface area contributed by atoms with Gasteiger partial charge >= 0.3 is 0 Å². The van der Waals surface area contributed by atoms with Crippen LogP contribution in [-0.4, -0.2) is 11.5 Å². The van der Waals surface area contributed by atoms with E-state index in [1.807, 2.05) is 18.3 Å². The Bertz CT molecular complexity index is 523. The molecule has 1 N–H and O–H groups in total. The Morgan fingerprint density at radius 3 is 2.58 bits per heavy atom. The third-order valence-corrected chi connectivity index (χ3v) is 3.80. The molecule has 100 valence electrons. The summed E-state index contributed by atoms with van der Waals surface area (Å²) in [6, 6.07) is 12.9. The first kappa shape index (κ1) is 14.2. The van der Waals surface area contributed by atoms with Crippen molar-refractivity contribution in [3.05, 3.63) is 63.9 Å². The van der Waals surface area contributed by atoms with Crippen LogP contribution in [0.2, 0.25) is 0 Å². The Balaban J connectivity index is 2.21. The molecule has 0 spiro atoms. The summed E-state index contributed by atoms with van der Waals surface area (Å²) >= 11 is 3.59. The first-order chi connectivity index (χ1) is 9.20. The first-order valence-electron chi connectivity index (χ1n) is 6.60. The highest BCUT2D eigenvalue weighted by Crippen LogP contribution is 2.24. The summed E-state index contributed by atoms with van der Waals surface area (Å²) in [7, 11) is 0. The molecule has 2 aromatic rings. The van der Waals surface area contributed by atoms with Crippen molar-refractivity contribution in [2.24, 2.45) is 0 Å². The molecule has 1 aromatic carbocycles. The van der Waals surface area contributed by atoms with E-state index in [0.29, 0.717) is 0 Å². The maximum atomic E-state index is 4.50. The Labute approximate surface area is 123 Å². The molecule has 1 atom stereocenters. The summed E-state index contributed by atoms with van der Waals surface area (Å²) in [5, 5.41) is 3.51. The minimum Gasteiger partial charge on any atom is -0.309 e. The third kappa shape index (κ3) is 3.88. The van der Waals surface area contributed by atoms with Gasteiger partial charge in [0.05, 0.1) is 11.7 Å². The number of aromatic nitrogens is 1. The lowest BCUT2D eigenvalue weighted by Gasteiger charge is -2.18. The standard InChI is InChI=1S/C16H19BrN2/c1-3-18-15(16-14(17)5-4-10-19-16)11-13-8-6-12(2)7-9-13/h4-10,15,18H,3,11H2,1-2H3. The van der Waals surface area contributed by atoms with Gasteiger partial charge in [0.1, 0.15) is 0 Å². The van der Waals surface area contributed by atoms with Crippen LogP contribution in [0.25, 0.3) is 0 Å². The summed E-state index contributed by atoms with van der Waals surface area (Å²) in [6.07, 6.45) is 2.79. The van der Waals surface area contributed by atoms with Crippen LogP contribution in [0.1, 0.15) is 29.8 Å². The van der Waals surface area contributed by atoms with Crippen molar-refractivity contribution < 1.29 is 0 Å². The van der Waals surface area contributed by atoms with Gasteiger partial charge < -0.3 is 5.32 Å². The van der Waals surface area contributed by atoms with Gasteiger partial charge in [-0.1, -0.05) is 36.8 Å². The van der Waals surface area contributed by atoms with E-state index in [9.17, 15) is 0 Å². The van der Waals surface area contributed by atoms with Gasteiger partial charge in [-0.2, -0.15) is 0 Å². The molecule has 2 rings (SSSR count). The summed E-state index contributed by atoms with van der Waals surface area (Å²) in [5.74, 6) is 0. The maximum absolute atomic E-state index is 4.50. The Morgan fingerprint density at radius 2 is 1.95 bits per heavy atom. The number of nitrogens with zero attached hydrogens (tertiary/aromatic N) is 1. The predicted octanol–water partition coefficient (Wildman–Crippen LogP) is 4.05. The molecule has 0 saturated heterocycles. The predicted molar refractivity (Wildman–Crippen MR) is 83.2 cm³/mol. The van der Waals surface area contributed by atoms with Crippen molar-refractivity contribution in [1.82, 2.24) is 10.3 Å². The minimum absolute atomic E-state index is 0.239. The number of nitrogens with one attached hydrogen (secondary N) is 1. The smallest absolute Gasteiger partial charge is 0.0718 e. The lowest BCUT2D eigenvalue weighted by molar-refractivity contribution is 0.534. The van der Waals surface area contributed by atoms with Gasteiger partial charge in [0, 0.05) is 10.7 Å². The number of rotatable bonds is 5. The van der Waals surface area contributed by atoms with Crippen LogP contribution in [0.4, 0.5) is 0 Å². The Morgan fingerprint density at radius 1 is 1.21 bits per heavy atom. The molecule has 1 heterocycles. The normalized spacial score (nSPS) is 12.4. The van der Waals surface area contributed by atoms with E-state index in [1.165, 1.54) is 11.1 Å². The van der Waals surface area contributed by atoms with Gasteiger partial charge in [-0.25, -0.2) is 0 Å². The number of likely N-dealkylation sites (N-methyl/N-ethyl adjacent to an activating group) is 1. The molecule has 0 radical (unpaired) electrons. The maximum Gasteiger partial charge on any atom is 0.0718 e. The second-order valence-corrected chi connectivity index (χ2v) is 5.52. The molecule has 0 saturated carbocycles. The number of halogens is 1. The molecule has 0 bridgehead atoms. The molecular weight excluding hydrogens is 300 g/mol. The van der Waals surface area contributed by atoms with Crippen LogP contribution in [-0.2, 0) is 6.42 Å². The molecule has 3 heteroatoms. The molecular formula is C16H19BrN2. The van der Waals surface area contributed by atoms with E-state index < -0.39 is 0 Å².